The second-order valence-corrected chi connectivity index (χ2v) is 4.70. The first-order valence-electron chi connectivity index (χ1n) is 6.78. The van der Waals surface area contributed by atoms with E-state index in [0.29, 0.717) is 18.5 Å². The van der Waals surface area contributed by atoms with E-state index in [1.807, 2.05) is 42.5 Å². The Morgan fingerprint density at radius 3 is 2.43 bits per heavy atom. The van der Waals surface area contributed by atoms with Gasteiger partial charge < -0.3 is 20.4 Å². The van der Waals surface area contributed by atoms with Crippen LogP contribution in [0.25, 0.3) is 11.0 Å². The van der Waals surface area contributed by atoms with Crippen LogP contribution in [0.4, 0.5) is 0 Å². The maximum atomic E-state index is 9.19. The van der Waals surface area contributed by atoms with Crippen LogP contribution >= 0.6 is 0 Å². The first-order valence-corrected chi connectivity index (χ1v) is 6.78. The van der Waals surface area contributed by atoms with Gasteiger partial charge in [0.2, 0.25) is 0 Å². The van der Waals surface area contributed by atoms with E-state index in [0.717, 1.165) is 10.9 Å². The number of aliphatic hydroxyl groups excluding tert-OH is 1. The van der Waals surface area contributed by atoms with Crippen LogP contribution in [0.1, 0.15) is 5.56 Å². The van der Waals surface area contributed by atoms with E-state index in [2.05, 4.69) is 0 Å². The Morgan fingerprint density at radius 2 is 1.76 bits per heavy atom. The summed E-state index contributed by atoms with van der Waals surface area (Å²) >= 11 is 0. The zero-order chi connectivity index (χ0) is 15.1. The molecule has 0 radical (unpaired) electrons. The van der Waals surface area contributed by atoms with Crippen molar-refractivity contribution in [2.75, 3.05) is 6.54 Å². The van der Waals surface area contributed by atoms with E-state index in [-0.39, 0.29) is 5.75 Å². The topological polar surface area (TPSA) is 79.6 Å². The highest BCUT2D eigenvalue weighted by Gasteiger charge is 2.01. The third-order valence-electron chi connectivity index (χ3n) is 3.04. The highest BCUT2D eigenvalue weighted by molar-refractivity contribution is 5.82. The molecule has 0 aliphatic rings. The molecule has 4 nitrogen and oxygen atoms in total. The molecule has 0 spiro atoms. The Hall–Kier alpha value is -2.30. The van der Waals surface area contributed by atoms with E-state index in [9.17, 15) is 5.11 Å². The summed E-state index contributed by atoms with van der Waals surface area (Å²) in [4.78, 5) is 0. The molecular formula is C17H19NO3. The Bertz CT molecular complexity index is 664. The summed E-state index contributed by atoms with van der Waals surface area (Å²) in [5.41, 5.74) is 6.96. The third-order valence-corrected chi connectivity index (χ3v) is 3.04. The van der Waals surface area contributed by atoms with Crippen molar-refractivity contribution in [3.05, 3.63) is 66.4 Å². The fourth-order valence-electron chi connectivity index (χ4n) is 1.95. The number of phenols is 1. The molecule has 0 fully saturated rings. The number of fused-ring (bicyclic) bond motifs is 1. The Kier molecular flexibility index (Phi) is 5.37. The molecule has 110 valence electrons. The molecule has 1 aromatic heterocycles. The molecule has 0 aliphatic heterocycles. The average Bonchev–Trinajstić information content (AvgIpc) is 2.99. The number of phenolic OH excluding ortho intramolecular Hbond substituents is 1. The molecule has 0 bridgehead atoms. The summed E-state index contributed by atoms with van der Waals surface area (Å²) in [7, 11) is 0. The normalized spacial score (nSPS) is 11.7. The number of benzene rings is 2. The van der Waals surface area contributed by atoms with E-state index < -0.39 is 6.10 Å². The Morgan fingerprint density at radius 1 is 1.00 bits per heavy atom. The van der Waals surface area contributed by atoms with Crippen LogP contribution in [0.3, 0.4) is 0 Å². The Balaban J connectivity index is 0.000000154. The molecule has 3 aromatic rings. The molecule has 0 amide bonds. The lowest BCUT2D eigenvalue weighted by Crippen LogP contribution is -2.21. The first kappa shape index (κ1) is 15.1. The molecule has 21 heavy (non-hydrogen) atoms. The fraction of sp³-hybridized carbons (Fsp3) is 0.176. The van der Waals surface area contributed by atoms with Crippen LogP contribution in [0.2, 0.25) is 0 Å². The lowest BCUT2D eigenvalue weighted by molar-refractivity contribution is 0.183. The smallest absolute Gasteiger partial charge is 0.175 e. The van der Waals surface area contributed by atoms with Gasteiger partial charge >= 0.3 is 0 Å². The van der Waals surface area contributed by atoms with Crippen molar-refractivity contribution in [1.29, 1.82) is 0 Å². The zero-order valence-electron chi connectivity index (χ0n) is 11.6. The number of aromatic hydroxyl groups is 1. The van der Waals surface area contributed by atoms with Crippen LogP contribution in [0.5, 0.6) is 5.75 Å². The van der Waals surface area contributed by atoms with E-state index >= 15 is 0 Å². The quantitative estimate of drug-likeness (QED) is 0.691. The van der Waals surface area contributed by atoms with Gasteiger partial charge in [-0.1, -0.05) is 42.5 Å². The van der Waals surface area contributed by atoms with Crippen molar-refractivity contribution >= 4 is 11.0 Å². The van der Waals surface area contributed by atoms with Gasteiger partial charge in [0.1, 0.15) is 0 Å². The summed E-state index contributed by atoms with van der Waals surface area (Å²) < 4.78 is 5.00. The van der Waals surface area contributed by atoms with Gasteiger partial charge in [-0.2, -0.15) is 0 Å². The van der Waals surface area contributed by atoms with Crippen LogP contribution in [0, 0.1) is 0 Å². The highest BCUT2D eigenvalue weighted by atomic mass is 16.3. The van der Waals surface area contributed by atoms with Gasteiger partial charge in [0, 0.05) is 11.9 Å². The zero-order valence-corrected chi connectivity index (χ0v) is 11.6. The lowest BCUT2D eigenvalue weighted by atomic mass is 10.1. The second kappa shape index (κ2) is 7.47. The number of furan rings is 1. The van der Waals surface area contributed by atoms with Gasteiger partial charge in [-0.3, -0.25) is 0 Å². The molecule has 1 atom stereocenters. The van der Waals surface area contributed by atoms with Crippen LogP contribution in [-0.2, 0) is 6.42 Å². The average molecular weight is 285 g/mol. The molecule has 1 heterocycles. The van der Waals surface area contributed by atoms with Crippen molar-refractivity contribution in [3.63, 3.8) is 0 Å². The Labute approximate surface area is 123 Å². The molecule has 0 saturated carbocycles. The van der Waals surface area contributed by atoms with Gasteiger partial charge in [0.05, 0.1) is 12.4 Å². The molecule has 0 saturated heterocycles. The van der Waals surface area contributed by atoms with Crippen molar-refractivity contribution in [3.8, 4) is 5.75 Å². The van der Waals surface area contributed by atoms with Gasteiger partial charge in [-0.05, 0) is 24.1 Å². The molecule has 2 aromatic carbocycles. The number of nitrogens with two attached hydrogens (primary N) is 1. The largest absolute Gasteiger partial charge is 0.504 e. The third kappa shape index (κ3) is 4.34. The van der Waals surface area contributed by atoms with Crippen molar-refractivity contribution < 1.29 is 14.6 Å². The molecular weight excluding hydrogens is 266 g/mol. The lowest BCUT2D eigenvalue weighted by Gasteiger charge is -2.06. The minimum Gasteiger partial charge on any atom is -0.504 e. The number of hydrogen-bond acceptors (Lipinski definition) is 4. The van der Waals surface area contributed by atoms with Crippen molar-refractivity contribution in [2.24, 2.45) is 5.73 Å². The maximum absolute atomic E-state index is 9.19. The monoisotopic (exact) mass is 285 g/mol. The number of para-hydroxylation sites is 1. The minimum absolute atomic E-state index is 0.197. The van der Waals surface area contributed by atoms with Crippen LogP contribution in [-0.4, -0.2) is 22.9 Å². The maximum Gasteiger partial charge on any atom is 0.175 e. The summed E-state index contributed by atoms with van der Waals surface area (Å²) in [5, 5.41) is 19.3. The van der Waals surface area contributed by atoms with E-state index in [1.54, 1.807) is 18.4 Å². The summed E-state index contributed by atoms with van der Waals surface area (Å²) in [5.74, 6) is 0.197. The van der Waals surface area contributed by atoms with Gasteiger partial charge in [0.15, 0.2) is 11.3 Å². The van der Waals surface area contributed by atoms with Gasteiger partial charge in [-0.15, -0.1) is 0 Å². The fourth-order valence-corrected chi connectivity index (χ4v) is 1.95. The predicted molar refractivity (Wildman–Crippen MR) is 83.1 cm³/mol. The molecule has 4 N–H and O–H groups in total. The van der Waals surface area contributed by atoms with Crippen LogP contribution in [0.15, 0.2) is 65.3 Å². The van der Waals surface area contributed by atoms with Crippen molar-refractivity contribution in [2.45, 2.75) is 12.5 Å². The summed E-state index contributed by atoms with van der Waals surface area (Å²) in [6, 6.07) is 16.9. The highest BCUT2D eigenvalue weighted by Crippen LogP contribution is 2.24. The number of rotatable bonds is 3. The number of aliphatic hydroxyl groups is 1. The SMILES string of the molecule is NCC(O)Cc1ccccc1.Oc1cccc2ccoc12. The summed E-state index contributed by atoms with van der Waals surface area (Å²) in [6.45, 7) is 0.328. The van der Waals surface area contributed by atoms with E-state index in [1.165, 1.54) is 0 Å². The summed E-state index contributed by atoms with van der Waals surface area (Å²) in [6.07, 6.45) is 1.80. The number of hydrogen-bond donors (Lipinski definition) is 3. The molecule has 3 rings (SSSR count). The van der Waals surface area contributed by atoms with Gasteiger partial charge in [-0.25, -0.2) is 0 Å². The molecule has 4 heteroatoms. The van der Waals surface area contributed by atoms with Gasteiger partial charge in [0.25, 0.3) is 0 Å². The standard InChI is InChI=1S/C9H13NO.C8H6O2/c10-7-9(11)6-8-4-2-1-3-5-8;9-7-3-1-2-6-4-5-10-8(6)7/h1-5,9,11H,6-7,10H2;1-5,9H. The van der Waals surface area contributed by atoms with Crippen LogP contribution < -0.4 is 5.73 Å². The minimum atomic E-state index is -0.405. The molecule has 0 aliphatic carbocycles. The van der Waals surface area contributed by atoms with Crippen molar-refractivity contribution in [1.82, 2.24) is 0 Å². The molecule has 1 unspecified atom stereocenters. The van der Waals surface area contributed by atoms with E-state index in [4.69, 9.17) is 15.3 Å². The second-order valence-electron chi connectivity index (χ2n) is 4.70. The predicted octanol–water partition coefficient (Wildman–Crippen LogP) is 2.69. The first-order chi connectivity index (χ1) is 10.2.